The Labute approximate surface area is 302 Å². The highest BCUT2D eigenvalue weighted by Crippen LogP contribution is 2.44. The molecular weight excluding hydrogens is 671 g/mol. The van der Waals surface area contributed by atoms with E-state index in [-0.39, 0.29) is 17.3 Å². The number of rotatable bonds is 13. The Bertz CT molecular complexity index is 1860. The fourth-order valence-corrected chi connectivity index (χ4v) is 7.90. The Morgan fingerprint density at radius 2 is 1.73 bits per heavy atom. The minimum Gasteiger partial charge on any atom is -0.466 e. The van der Waals surface area contributed by atoms with Gasteiger partial charge in [0.1, 0.15) is 17.0 Å². The van der Waals surface area contributed by atoms with Gasteiger partial charge in [0.05, 0.1) is 31.0 Å². The highest BCUT2D eigenvalue weighted by atomic mass is 19.4. The smallest absolute Gasteiger partial charge is 0.433 e. The lowest BCUT2D eigenvalue weighted by molar-refractivity contribution is -0.143. The number of nitrogens with zero attached hydrogens (tertiary/aromatic N) is 6. The second kappa shape index (κ2) is 15.0. The first-order valence-corrected chi connectivity index (χ1v) is 18.5. The molecular formula is C39H48F3N7O3. The summed E-state index contributed by atoms with van der Waals surface area (Å²) in [5, 5.41) is 0. The highest BCUT2D eigenvalue weighted by Gasteiger charge is 2.37. The molecule has 4 heterocycles. The van der Waals surface area contributed by atoms with Crippen molar-refractivity contribution in [2.24, 2.45) is 5.41 Å². The molecule has 0 bridgehead atoms. The van der Waals surface area contributed by atoms with Crippen molar-refractivity contribution in [2.75, 3.05) is 76.4 Å². The van der Waals surface area contributed by atoms with E-state index in [0.29, 0.717) is 54.6 Å². The van der Waals surface area contributed by atoms with Gasteiger partial charge in [0.2, 0.25) is 0 Å². The molecule has 1 aromatic carbocycles. The number of alkyl halides is 3. The van der Waals surface area contributed by atoms with Crippen LogP contribution in [-0.4, -0.2) is 97.4 Å². The standard InChI is InChI=1S/C39H48F3N7O3/c1-4-52-34(50)13-16-48-17-19-49(20-18-48)29-11-9-27(10-12-29)36-45-35-32(47(2)24-38(25-51-3)14-5-6-15-38)23-31(44-37(35)46-36)28-21-30(26-7-8-26)43-33(22-28)39(40,41)42/h9-12,21-23,26H,4-8,13-20,24-25H2,1-3H3,(H,44,45,46). The molecule has 13 heteroatoms. The van der Waals surface area contributed by atoms with Crippen LogP contribution in [0, 0.1) is 5.41 Å². The molecule has 52 heavy (non-hydrogen) atoms. The van der Waals surface area contributed by atoms with Crippen LogP contribution in [0.3, 0.4) is 0 Å². The summed E-state index contributed by atoms with van der Waals surface area (Å²) in [5.41, 5.74) is 4.40. The summed E-state index contributed by atoms with van der Waals surface area (Å²) < 4.78 is 52.9. The number of pyridine rings is 2. The Hall–Kier alpha value is -4.23. The quantitative estimate of drug-likeness (QED) is 0.143. The molecule has 0 amide bonds. The summed E-state index contributed by atoms with van der Waals surface area (Å²) >= 11 is 0. The summed E-state index contributed by atoms with van der Waals surface area (Å²) in [6.45, 7) is 7.74. The van der Waals surface area contributed by atoms with Gasteiger partial charge in [-0.25, -0.2) is 15.0 Å². The summed E-state index contributed by atoms with van der Waals surface area (Å²) in [6.07, 6.45) is 1.91. The SMILES string of the molecule is CCOC(=O)CCN1CCN(c2ccc(-c3nc4nc(-c5cc(C6CC6)nc(C(F)(F)F)c5)cc(N(C)CC5(COC)CCCC5)c4[nH]3)cc2)CC1. The van der Waals surface area contributed by atoms with Gasteiger partial charge in [-0.2, -0.15) is 13.2 Å². The molecule has 1 aliphatic heterocycles. The number of hydrogen-bond donors (Lipinski definition) is 1. The van der Waals surface area contributed by atoms with Gasteiger partial charge in [0.25, 0.3) is 0 Å². The van der Waals surface area contributed by atoms with Gasteiger partial charge >= 0.3 is 12.1 Å². The molecule has 4 aromatic rings. The van der Waals surface area contributed by atoms with Gasteiger partial charge in [-0.05, 0) is 75.1 Å². The molecule has 1 saturated heterocycles. The summed E-state index contributed by atoms with van der Waals surface area (Å²) in [7, 11) is 3.77. The van der Waals surface area contributed by atoms with E-state index in [1.807, 2.05) is 32.2 Å². The number of esters is 1. The van der Waals surface area contributed by atoms with Gasteiger partial charge in [-0.15, -0.1) is 0 Å². The number of H-pyrrole nitrogens is 1. The molecule has 2 aliphatic carbocycles. The van der Waals surface area contributed by atoms with Crippen LogP contribution >= 0.6 is 0 Å². The highest BCUT2D eigenvalue weighted by molar-refractivity contribution is 5.91. The van der Waals surface area contributed by atoms with E-state index in [9.17, 15) is 18.0 Å². The first kappa shape index (κ1) is 36.1. The van der Waals surface area contributed by atoms with Crippen molar-refractivity contribution >= 4 is 28.5 Å². The third-order valence-corrected chi connectivity index (χ3v) is 10.8. The van der Waals surface area contributed by atoms with E-state index in [0.717, 1.165) is 99.8 Å². The number of ether oxygens (including phenoxy) is 2. The van der Waals surface area contributed by atoms with Gasteiger partial charge < -0.3 is 24.3 Å². The number of hydrogen-bond acceptors (Lipinski definition) is 9. The van der Waals surface area contributed by atoms with E-state index in [1.54, 1.807) is 13.2 Å². The minimum atomic E-state index is -4.57. The fourth-order valence-electron chi connectivity index (χ4n) is 7.90. The molecule has 1 N–H and O–H groups in total. The van der Waals surface area contributed by atoms with Gasteiger partial charge in [-0.3, -0.25) is 9.69 Å². The average Bonchev–Trinajstić information content (AvgIpc) is 3.75. The number of carbonyl (C=O) groups excluding carboxylic acids is 1. The van der Waals surface area contributed by atoms with E-state index >= 15 is 0 Å². The van der Waals surface area contributed by atoms with Crippen LogP contribution in [0.15, 0.2) is 42.5 Å². The predicted octanol–water partition coefficient (Wildman–Crippen LogP) is 7.30. The predicted molar refractivity (Wildman–Crippen MR) is 195 cm³/mol. The van der Waals surface area contributed by atoms with Crippen molar-refractivity contribution in [1.29, 1.82) is 0 Å². The number of piperazine rings is 1. The monoisotopic (exact) mass is 719 g/mol. The Kier molecular flexibility index (Phi) is 10.4. The lowest BCUT2D eigenvalue weighted by Gasteiger charge is -2.36. The lowest BCUT2D eigenvalue weighted by atomic mass is 9.86. The number of fused-ring (bicyclic) bond motifs is 1. The van der Waals surface area contributed by atoms with Gasteiger partial charge in [-0.1, -0.05) is 12.8 Å². The third kappa shape index (κ3) is 8.05. The summed E-state index contributed by atoms with van der Waals surface area (Å²) in [5.74, 6) is 0.528. The van der Waals surface area contributed by atoms with Crippen LogP contribution in [0.5, 0.6) is 0 Å². The molecule has 3 fully saturated rings. The number of benzene rings is 1. The maximum Gasteiger partial charge on any atom is 0.433 e. The van der Waals surface area contributed by atoms with Gasteiger partial charge in [0, 0.05) is 87.3 Å². The Balaban J connectivity index is 1.18. The van der Waals surface area contributed by atoms with Crippen molar-refractivity contribution in [2.45, 2.75) is 64.0 Å². The number of aromatic amines is 1. The Morgan fingerprint density at radius 1 is 1.00 bits per heavy atom. The van der Waals surface area contributed by atoms with E-state index in [1.165, 1.54) is 0 Å². The fraction of sp³-hybridized carbons (Fsp3) is 0.538. The molecule has 0 radical (unpaired) electrons. The number of aromatic nitrogens is 4. The molecule has 3 aliphatic rings. The van der Waals surface area contributed by atoms with Crippen LogP contribution in [0.4, 0.5) is 24.5 Å². The van der Waals surface area contributed by atoms with Crippen molar-refractivity contribution < 1.29 is 27.4 Å². The number of imidazole rings is 1. The van der Waals surface area contributed by atoms with Crippen LogP contribution < -0.4 is 9.80 Å². The molecule has 3 aromatic heterocycles. The molecule has 7 rings (SSSR count). The zero-order chi connectivity index (χ0) is 36.5. The first-order valence-electron chi connectivity index (χ1n) is 18.5. The molecule has 0 spiro atoms. The minimum absolute atomic E-state index is 0.0103. The second-order valence-electron chi connectivity index (χ2n) is 14.7. The van der Waals surface area contributed by atoms with E-state index in [2.05, 4.69) is 36.8 Å². The lowest BCUT2D eigenvalue weighted by Crippen LogP contribution is -2.47. The van der Waals surface area contributed by atoms with Crippen molar-refractivity contribution in [3.8, 4) is 22.6 Å². The van der Waals surface area contributed by atoms with E-state index < -0.39 is 11.9 Å². The van der Waals surface area contributed by atoms with Crippen LogP contribution in [0.1, 0.15) is 69.2 Å². The third-order valence-electron chi connectivity index (χ3n) is 10.8. The maximum atomic E-state index is 14.0. The molecule has 278 valence electrons. The number of halogens is 3. The molecule has 0 unspecified atom stereocenters. The number of methoxy groups -OCH3 is 1. The number of anilines is 2. The van der Waals surface area contributed by atoms with E-state index in [4.69, 9.17) is 19.4 Å². The van der Waals surface area contributed by atoms with Crippen molar-refractivity contribution in [3.63, 3.8) is 0 Å². The molecule has 10 nitrogen and oxygen atoms in total. The number of nitrogens with one attached hydrogen (secondary N) is 1. The molecule has 0 atom stereocenters. The first-order chi connectivity index (χ1) is 25.0. The number of carbonyl (C=O) groups is 1. The summed E-state index contributed by atoms with van der Waals surface area (Å²) in [4.78, 5) is 35.9. The van der Waals surface area contributed by atoms with Crippen molar-refractivity contribution in [3.05, 3.63) is 53.9 Å². The molecule has 2 saturated carbocycles. The van der Waals surface area contributed by atoms with Crippen LogP contribution in [0.25, 0.3) is 33.8 Å². The average molecular weight is 720 g/mol. The topological polar surface area (TPSA) is 99.7 Å². The normalized spacial score (nSPS) is 17.9. The van der Waals surface area contributed by atoms with Gasteiger partial charge in [0.15, 0.2) is 5.65 Å². The maximum absolute atomic E-state index is 14.0. The van der Waals surface area contributed by atoms with Crippen molar-refractivity contribution in [1.82, 2.24) is 24.8 Å². The van der Waals surface area contributed by atoms with Crippen LogP contribution in [0.2, 0.25) is 0 Å². The largest absolute Gasteiger partial charge is 0.466 e. The zero-order valence-corrected chi connectivity index (χ0v) is 30.3. The van der Waals surface area contributed by atoms with Crippen LogP contribution in [-0.2, 0) is 20.4 Å². The second-order valence-corrected chi connectivity index (χ2v) is 14.7. The summed E-state index contributed by atoms with van der Waals surface area (Å²) in [6, 6.07) is 13.0. The zero-order valence-electron chi connectivity index (χ0n) is 30.3. The Morgan fingerprint density at radius 3 is 2.38 bits per heavy atom.